The summed E-state index contributed by atoms with van der Waals surface area (Å²) in [7, 11) is 0. The Morgan fingerprint density at radius 1 is 1.16 bits per heavy atom. The zero-order chi connectivity index (χ0) is 18.6. The van der Waals surface area contributed by atoms with E-state index < -0.39 is 35.3 Å². The van der Waals surface area contributed by atoms with Gasteiger partial charge in [-0.25, -0.2) is 4.39 Å². The fraction of sp³-hybridized carbons (Fsp3) is 0.389. The number of aliphatic carboxylic acids is 1. The van der Waals surface area contributed by atoms with Crippen LogP contribution >= 0.6 is 0 Å². The number of aliphatic hydroxyl groups excluding tert-OH is 1. The van der Waals surface area contributed by atoms with Crippen molar-refractivity contribution in [3.05, 3.63) is 47.0 Å². The SMILES string of the molecule is CC(=O)C1=C(O)C(=O)N(CCCCCC(=O)O)C1c1ccc(F)cc1. The first-order valence-corrected chi connectivity index (χ1v) is 8.05. The second kappa shape index (κ2) is 7.92. The molecule has 0 bridgehead atoms. The van der Waals surface area contributed by atoms with Crippen molar-refractivity contribution in [2.75, 3.05) is 6.54 Å². The fourth-order valence-corrected chi connectivity index (χ4v) is 2.97. The number of aliphatic hydroxyl groups is 1. The molecule has 1 heterocycles. The summed E-state index contributed by atoms with van der Waals surface area (Å²) >= 11 is 0. The number of carbonyl (C=O) groups is 3. The van der Waals surface area contributed by atoms with Crippen molar-refractivity contribution < 1.29 is 29.0 Å². The van der Waals surface area contributed by atoms with Crippen LogP contribution in [0.2, 0.25) is 0 Å². The first kappa shape index (κ1) is 18.6. The third-order valence-corrected chi connectivity index (χ3v) is 4.16. The number of amides is 1. The molecule has 7 heteroatoms. The van der Waals surface area contributed by atoms with Crippen LogP contribution in [-0.4, -0.2) is 39.3 Å². The molecule has 1 unspecified atom stereocenters. The predicted octanol–water partition coefficient (Wildman–Crippen LogP) is 2.76. The summed E-state index contributed by atoms with van der Waals surface area (Å²) in [6, 6.07) is 4.67. The van der Waals surface area contributed by atoms with Crippen molar-refractivity contribution in [3.63, 3.8) is 0 Å². The van der Waals surface area contributed by atoms with Crippen LogP contribution in [0.1, 0.15) is 44.2 Å². The van der Waals surface area contributed by atoms with Gasteiger partial charge in [-0.1, -0.05) is 18.6 Å². The van der Waals surface area contributed by atoms with Crippen molar-refractivity contribution in [1.29, 1.82) is 0 Å². The lowest BCUT2D eigenvalue weighted by atomic mass is 9.96. The molecule has 1 atom stereocenters. The average molecular weight is 349 g/mol. The van der Waals surface area contributed by atoms with Gasteiger partial charge in [0.05, 0.1) is 11.6 Å². The number of nitrogens with zero attached hydrogens (tertiary/aromatic N) is 1. The van der Waals surface area contributed by atoms with Gasteiger partial charge in [0.25, 0.3) is 5.91 Å². The van der Waals surface area contributed by atoms with Crippen molar-refractivity contribution >= 4 is 17.7 Å². The number of carboxylic acid groups (broad SMARTS) is 1. The molecule has 0 aliphatic carbocycles. The molecule has 1 amide bonds. The number of carbonyl (C=O) groups excluding carboxylic acids is 2. The molecule has 0 aromatic heterocycles. The van der Waals surface area contributed by atoms with E-state index >= 15 is 0 Å². The van der Waals surface area contributed by atoms with Crippen LogP contribution < -0.4 is 0 Å². The van der Waals surface area contributed by atoms with E-state index in [1.807, 2.05) is 0 Å². The monoisotopic (exact) mass is 349 g/mol. The van der Waals surface area contributed by atoms with E-state index in [4.69, 9.17) is 5.11 Å². The van der Waals surface area contributed by atoms with Crippen LogP contribution in [0.5, 0.6) is 0 Å². The second-order valence-corrected chi connectivity index (χ2v) is 5.98. The molecule has 1 aliphatic rings. The molecule has 6 nitrogen and oxygen atoms in total. The maximum atomic E-state index is 13.2. The molecule has 1 aromatic rings. The van der Waals surface area contributed by atoms with Gasteiger partial charge in [0.1, 0.15) is 5.82 Å². The number of Topliss-reactive ketones (excluding diaryl/α,β-unsaturated/α-hetero) is 1. The minimum absolute atomic E-state index is 0.00199. The van der Waals surface area contributed by atoms with E-state index in [1.165, 1.54) is 36.1 Å². The predicted molar refractivity (Wildman–Crippen MR) is 87.3 cm³/mol. The highest BCUT2D eigenvalue weighted by Crippen LogP contribution is 2.37. The largest absolute Gasteiger partial charge is 0.503 e. The summed E-state index contributed by atoms with van der Waals surface area (Å²) in [6.45, 7) is 1.53. The van der Waals surface area contributed by atoms with E-state index in [0.717, 1.165) is 0 Å². The lowest BCUT2D eigenvalue weighted by Crippen LogP contribution is -2.32. The summed E-state index contributed by atoms with van der Waals surface area (Å²) in [5.41, 5.74) is 0.539. The molecule has 0 saturated heterocycles. The number of hydrogen-bond acceptors (Lipinski definition) is 4. The number of ketones is 1. The van der Waals surface area contributed by atoms with E-state index in [0.29, 0.717) is 24.8 Å². The summed E-state index contributed by atoms with van der Waals surface area (Å²) in [6.07, 6.45) is 1.67. The number of benzene rings is 1. The first-order chi connectivity index (χ1) is 11.8. The molecule has 0 spiro atoms. The van der Waals surface area contributed by atoms with Crippen LogP contribution in [0, 0.1) is 5.82 Å². The number of hydrogen-bond donors (Lipinski definition) is 2. The Kier molecular flexibility index (Phi) is 5.90. The first-order valence-electron chi connectivity index (χ1n) is 8.05. The second-order valence-electron chi connectivity index (χ2n) is 5.98. The normalized spacial score (nSPS) is 17.3. The molecule has 1 aromatic carbocycles. The summed E-state index contributed by atoms with van der Waals surface area (Å²) in [4.78, 5) is 36.2. The lowest BCUT2D eigenvalue weighted by molar-refractivity contribution is -0.137. The maximum absolute atomic E-state index is 13.2. The smallest absolute Gasteiger partial charge is 0.303 e. The van der Waals surface area contributed by atoms with Gasteiger partial charge in [0.2, 0.25) is 0 Å². The van der Waals surface area contributed by atoms with E-state index in [-0.39, 0.29) is 18.5 Å². The summed E-state index contributed by atoms with van der Waals surface area (Å²) in [5, 5.41) is 18.7. The highest BCUT2D eigenvalue weighted by molar-refractivity contribution is 6.08. The molecule has 134 valence electrons. The maximum Gasteiger partial charge on any atom is 0.303 e. The Balaban J connectivity index is 2.19. The summed E-state index contributed by atoms with van der Waals surface area (Å²) < 4.78 is 13.2. The number of rotatable bonds is 8. The average Bonchev–Trinajstić information content (AvgIpc) is 2.80. The van der Waals surface area contributed by atoms with E-state index in [1.54, 1.807) is 0 Å². The van der Waals surface area contributed by atoms with Crippen LogP contribution in [0.15, 0.2) is 35.6 Å². The van der Waals surface area contributed by atoms with Crippen molar-refractivity contribution in [2.24, 2.45) is 0 Å². The zero-order valence-corrected chi connectivity index (χ0v) is 13.9. The Morgan fingerprint density at radius 3 is 2.36 bits per heavy atom. The van der Waals surface area contributed by atoms with E-state index in [2.05, 4.69) is 0 Å². The molecule has 2 rings (SSSR count). The molecular weight excluding hydrogens is 329 g/mol. The van der Waals surface area contributed by atoms with Crippen LogP contribution in [0.25, 0.3) is 0 Å². The lowest BCUT2D eigenvalue weighted by Gasteiger charge is -2.26. The Labute approximate surface area is 144 Å². The number of unbranched alkanes of at least 4 members (excludes halogenated alkanes) is 2. The number of halogens is 1. The van der Waals surface area contributed by atoms with Gasteiger partial charge in [-0.2, -0.15) is 0 Å². The van der Waals surface area contributed by atoms with Gasteiger partial charge >= 0.3 is 5.97 Å². The highest BCUT2D eigenvalue weighted by Gasteiger charge is 2.41. The standard InChI is InChI=1S/C18H20FNO5/c1-11(21)15-16(12-6-8-13(19)9-7-12)20(18(25)17(15)24)10-4-2-3-5-14(22)23/h6-9,16,24H,2-5,10H2,1H3,(H,22,23). The summed E-state index contributed by atoms with van der Waals surface area (Å²) in [5.74, 6) is -2.95. The van der Waals surface area contributed by atoms with Crippen LogP contribution in [-0.2, 0) is 14.4 Å². The topological polar surface area (TPSA) is 94.9 Å². The van der Waals surface area contributed by atoms with Crippen molar-refractivity contribution in [3.8, 4) is 0 Å². The minimum Gasteiger partial charge on any atom is -0.503 e. The molecule has 0 saturated carbocycles. The third kappa shape index (κ3) is 4.23. The molecule has 25 heavy (non-hydrogen) atoms. The van der Waals surface area contributed by atoms with Gasteiger partial charge < -0.3 is 15.1 Å². The zero-order valence-electron chi connectivity index (χ0n) is 13.9. The Bertz CT molecular complexity index is 711. The molecule has 0 fully saturated rings. The number of carboxylic acids is 1. The quantitative estimate of drug-likeness (QED) is 0.704. The Morgan fingerprint density at radius 2 is 1.80 bits per heavy atom. The van der Waals surface area contributed by atoms with Gasteiger partial charge in [-0.3, -0.25) is 14.4 Å². The van der Waals surface area contributed by atoms with Gasteiger partial charge in [-0.15, -0.1) is 0 Å². The Hall–Kier alpha value is -2.70. The molecule has 0 radical (unpaired) electrons. The van der Waals surface area contributed by atoms with Gasteiger partial charge in [0, 0.05) is 13.0 Å². The fourth-order valence-electron chi connectivity index (χ4n) is 2.97. The third-order valence-electron chi connectivity index (χ3n) is 4.16. The van der Waals surface area contributed by atoms with Crippen LogP contribution in [0.3, 0.4) is 0 Å². The van der Waals surface area contributed by atoms with Crippen molar-refractivity contribution in [2.45, 2.75) is 38.6 Å². The molecule has 2 N–H and O–H groups in total. The highest BCUT2D eigenvalue weighted by atomic mass is 19.1. The van der Waals surface area contributed by atoms with Crippen molar-refractivity contribution in [1.82, 2.24) is 4.90 Å². The van der Waals surface area contributed by atoms with Gasteiger partial charge in [0.15, 0.2) is 11.5 Å². The van der Waals surface area contributed by atoms with E-state index in [9.17, 15) is 23.9 Å². The minimum atomic E-state index is -0.875. The molecular formula is C18H20FNO5. The van der Waals surface area contributed by atoms with Crippen LogP contribution in [0.4, 0.5) is 4.39 Å². The molecule has 1 aliphatic heterocycles. The van der Waals surface area contributed by atoms with Gasteiger partial charge in [-0.05, 0) is 37.5 Å².